The summed E-state index contributed by atoms with van der Waals surface area (Å²) in [6, 6.07) is 98.1. The standard InChI is InChI=1S/C90H79BN4/c1-87(2,3)63-43-45-75-67(49-63)81(79(57-33-21-14-22-34-57)58-35-23-15-24-36-58)69-51-65(89(7,8)9)53-71-84(69)94(75)77-47-62(74-55-73(56-31-19-13-20-32-56)92-86(93-74)61-41-29-18-30-42-61)48-78-83(77)91(71)72-54-66(90(10,11)12)52-70-82(80(59-37-25-16-26-38-59)60-39-27-17-28-40-60)68-50-64(88(4,5)6)44-46-76(68)95(78)85(70)72/h13-55H,1-12H3. The van der Waals surface area contributed by atoms with Crippen molar-refractivity contribution in [3.8, 4) is 33.9 Å². The number of hydrogen-bond acceptors (Lipinski definition) is 4. The predicted molar refractivity (Wildman–Crippen MR) is 403 cm³/mol. The van der Waals surface area contributed by atoms with E-state index in [0.29, 0.717) is 5.82 Å². The molecule has 462 valence electrons. The first-order valence-corrected chi connectivity index (χ1v) is 33.8. The molecule has 0 bridgehead atoms. The molecule has 0 unspecified atom stereocenters. The topological polar surface area (TPSA) is 32.3 Å². The third-order valence-corrected chi connectivity index (χ3v) is 20.1. The molecule has 1 aromatic heterocycles. The maximum absolute atomic E-state index is 5.70. The van der Waals surface area contributed by atoms with Gasteiger partial charge in [0, 0.05) is 72.8 Å². The molecule has 0 atom stereocenters. The van der Waals surface area contributed by atoms with Crippen molar-refractivity contribution < 1.29 is 0 Å². The zero-order valence-corrected chi connectivity index (χ0v) is 56.7. The molecule has 0 aliphatic carbocycles. The van der Waals surface area contributed by atoms with E-state index in [9.17, 15) is 0 Å². The van der Waals surface area contributed by atoms with Crippen LogP contribution in [0, 0.1) is 0 Å². The maximum Gasteiger partial charge on any atom is 0.252 e. The van der Waals surface area contributed by atoms with Crippen molar-refractivity contribution in [3.63, 3.8) is 0 Å². The molecule has 0 radical (unpaired) electrons. The lowest BCUT2D eigenvalue weighted by atomic mass is 9.32. The van der Waals surface area contributed by atoms with Gasteiger partial charge in [0.2, 0.25) is 0 Å². The summed E-state index contributed by atoms with van der Waals surface area (Å²) < 4.78 is 0. The molecule has 16 rings (SSSR count). The molecule has 5 heterocycles. The predicted octanol–water partition coefficient (Wildman–Crippen LogP) is 21.4. The Kier molecular flexibility index (Phi) is 13.9. The van der Waals surface area contributed by atoms with Gasteiger partial charge in [-0.15, -0.1) is 0 Å². The lowest BCUT2D eigenvalue weighted by Gasteiger charge is -2.50. The lowest BCUT2D eigenvalue weighted by Crippen LogP contribution is -2.62. The van der Waals surface area contributed by atoms with Crippen LogP contribution < -0.4 is 26.2 Å². The molecule has 0 fully saturated rings. The van der Waals surface area contributed by atoms with Gasteiger partial charge < -0.3 is 9.80 Å². The highest BCUT2D eigenvalue weighted by Gasteiger charge is 2.50. The molecule has 4 aliphatic heterocycles. The van der Waals surface area contributed by atoms with Gasteiger partial charge in [0.05, 0.1) is 22.8 Å². The summed E-state index contributed by atoms with van der Waals surface area (Å²) in [5.74, 6) is 0.681. The zero-order valence-electron chi connectivity index (χ0n) is 56.7. The minimum atomic E-state index is -0.241. The quantitative estimate of drug-likeness (QED) is 0.149. The minimum Gasteiger partial charge on any atom is -0.310 e. The van der Waals surface area contributed by atoms with Gasteiger partial charge in [-0.25, -0.2) is 9.97 Å². The van der Waals surface area contributed by atoms with E-state index in [1.165, 1.54) is 117 Å². The Morgan fingerprint density at radius 3 is 0.979 bits per heavy atom. The average Bonchev–Trinajstić information content (AvgIpc) is 0.678. The van der Waals surface area contributed by atoms with Gasteiger partial charge in [-0.05, 0) is 148 Å². The summed E-state index contributed by atoms with van der Waals surface area (Å²) in [5, 5.41) is 0. The van der Waals surface area contributed by atoms with Gasteiger partial charge in [-0.2, -0.15) is 0 Å². The molecule has 0 N–H and O–H groups in total. The van der Waals surface area contributed by atoms with Gasteiger partial charge in [0.25, 0.3) is 6.71 Å². The van der Waals surface area contributed by atoms with Crippen LogP contribution in [0.2, 0.25) is 0 Å². The van der Waals surface area contributed by atoms with Crippen LogP contribution in [-0.4, -0.2) is 16.7 Å². The normalized spacial score (nSPS) is 13.6. The molecular weight excluding hydrogens is 1150 g/mol. The third kappa shape index (κ3) is 10.0. The third-order valence-electron chi connectivity index (χ3n) is 20.1. The number of nitrogens with zero attached hydrogens (tertiary/aromatic N) is 4. The molecule has 95 heavy (non-hydrogen) atoms. The molecule has 5 heteroatoms. The van der Waals surface area contributed by atoms with Crippen molar-refractivity contribution >= 4 is 79.5 Å². The molecule has 0 spiro atoms. The van der Waals surface area contributed by atoms with Gasteiger partial charge in [0.15, 0.2) is 5.82 Å². The van der Waals surface area contributed by atoms with E-state index in [0.717, 1.165) is 50.8 Å². The van der Waals surface area contributed by atoms with E-state index in [2.05, 4.69) is 354 Å². The van der Waals surface area contributed by atoms with Crippen LogP contribution in [0.15, 0.2) is 261 Å². The molecular formula is C90H79BN4. The maximum atomic E-state index is 5.70. The Hall–Kier alpha value is -10.4. The Morgan fingerprint density at radius 2 is 0.621 bits per heavy atom. The number of fused-ring (bicyclic) bond motifs is 8. The number of rotatable bonds is 7. The monoisotopic (exact) mass is 1230 g/mol. The Balaban J connectivity index is 1.13. The van der Waals surface area contributed by atoms with Crippen molar-refractivity contribution in [3.05, 3.63) is 328 Å². The van der Waals surface area contributed by atoms with Gasteiger partial charge in [-0.1, -0.05) is 289 Å². The highest BCUT2D eigenvalue weighted by Crippen LogP contribution is 2.59. The first kappa shape index (κ1) is 59.6. The van der Waals surface area contributed by atoms with Crippen LogP contribution in [0.25, 0.3) is 56.2 Å². The van der Waals surface area contributed by atoms with Gasteiger partial charge in [-0.3, -0.25) is 0 Å². The van der Waals surface area contributed by atoms with Crippen LogP contribution in [-0.2, 0) is 21.7 Å². The van der Waals surface area contributed by atoms with Crippen LogP contribution in [0.4, 0.5) is 34.1 Å². The Morgan fingerprint density at radius 1 is 0.295 bits per heavy atom. The van der Waals surface area contributed by atoms with E-state index in [4.69, 9.17) is 9.97 Å². The summed E-state index contributed by atoms with van der Waals surface area (Å²) in [7, 11) is 0. The van der Waals surface area contributed by atoms with E-state index < -0.39 is 0 Å². The highest BCUT2D eigenvalue weighted by atomic mass is 15.2. The number of benzene rings is 11. The molecule has 12 aromatic rings. The molecule has 11 aromatic carbocycles. The van der Waals surface area contributed by atoms with Crippen molar-refractivity contribution in [2.75, 3.05) is 9.80 Å². The fourth-order valence-electron chi connectivity index (χ4n) is 15.2. The van der Waals surface area contributed by atoms with Crippen molar-refractivity contribution in [2.45, 2.75) is 105 Å². The SMILES string of the molecule is CC(C)(C)c1ccc2c(c1)C(=C(c1ccccc1)c1ccccc1)c1cc(C(C)(C)C)cc3c1N2c1cc(-c2cc(-c4ccccc4)nc(-c4ccccc4)n2)cc2c1B3c1cc(C(C)(C)C)cc3c1N2c1ccc(C(C)(C)C)cc1C3=C(c1ccccc1)c1ccccc1. The smallest absolute Gasteiger partial charge is 0.252 e. The first-order chi connectivity index (χ1) is 45.7. The zero-order chi connectivity index (χ0) is 65.4. The van der Waals surface area contributed by atoms with Crippen molar-refractivity contribution in [1.29, 1.82) is 0 Å². The molecule has 4 nitrogen and oxygen atoms in total. The van der Waals surface area contributed by atoms with E-state index in [1.54, 1.807) is 0 Å². The number of anilines is 6. The molecule has 0 amide bonds. The van der Waals surface area contributed by atoms with Crippen LogP contribution in [0.5, 0.6) is 0 Å². The minimum absolute atomic E-state index is 0.153. The average molecular weight is 1230 g/mol. The molecule has 0 saturated heterocycles. The van der Waals surface area contributed by atoms with Crippen molar-refractivity contribution in [1.82, 2.24) is 9.97 Å². The lowest BCUT2D eigenvalue weighted by molar-refractivity contribution is 0.589. The summed E-state index contributed by atoms with van der Waals surface area (Å²) in [4.78, 5) is 16.5. The molecule has 0 saturated carbocycles. The highest BCUT2D eigenvalue weighted by molar-refractivity contribution is 7.00. The fraction of sp³-hybridized carbons (Fsp3) is 0.178. The summed E-state index contributed by atoms with van der Waals surface area (Å²) >= 11 is 0. The van der Waals surface area contributed by atoms with E-state index in [-0.39, 0.29) is 28.4 Å². The van der Waals surface area contributed by atoms with Gasteiger partial charge >= 0.3 is 0 Å². The van der Waals surface area contributed by atoms with Crippen molar-refractivity contribution in [2.24, 2.45) is 0 Å². The number of aromatic nitrogens is 2. The largest absolute Gasteiger partial charge is 0.310 e. The van der Waals surface area contributed by atoms with Gasteiger partial charge in [0.1, 0.15) is 0 Å². The first-order valence-electron chi connectivity index (χ1n) is 33.8. The fourth-order valence-corrected chi connectivity index (χ4v) is 15.2. The van der Waals surface area contributed by atoms with Crippen LogP contribution in [0.3, 0.4) is 0 Å². The van der Waals surface area contributed by atoms with Crippen LogP contribution >= 0.6 is 0 Å². The second-order valence-electron chi connectivity index (χ2n) is 30.6. The van der Waals surface area contributed by atoms with E-state index in [1.807, 2.05) is 0 Å². The Bertz CT molecular complexity index is 4720. The second kappa shape index (κ2) is 22.1. The number of hydrogen-bond donors (Lipinski definition) is 0. The molecule has 4 aliphatic rings. The second-order valence-corrected chi connectivity index (χ2v) is 30.6. The Labute approximate surface area is 562 Å². The van der Waals surface area contributed by atoms with Crippen LogP contribution in [0.1, 0.15) is 150 Å². The van der Waals surface area contributed by atoms with E-state index >= 15 is 0 Å². The summed E-state index contributed by atoms with van der Waals surface area (Å²) in [6.45, 7) is 28.3. The summed E-state index contributed by atoms with van der Waals surface area (Å²) in [6.07, 6.45) is 0. The summed E-state index contributed by atoms with van der Waals surface area (Å²) in [5.41, 5.74) is 34.5.